The summed E-state index contributed by atoms with van der Waals surface area (Å²) in [6.07, 6.45) is 1.60. The lowest BCUT2D eigenvalue weighted by Crippen LogP contribution is -2.06. The van der Waals surface area contributed by atoms with Gasteiger partial charge in [-0.2, -0.15) is 0 Å². The fourth-order valence-electron chi connectivity index (χ4n) is 3.29. The Kier molecular flexibility index (Phi) is 4.92. The van der Waals surface area contributed by atoms with Gasteiger partial charge in [-0.3, -0.25) is 4.79 Å². The number of ketones is 1. The minimum atomic E-state index is 0.0721. The zero-order chi connectivity index (χ0) is 19.7. The summed E-state index contributed by atoms with van der Waals surface area (Å²) in [5.74, 6) is 1.66. The fraction of sp³-hybridized carbons (Fsp3) is 0.190. The van der Waals surface area contributed by atoms with Gasteiger partial charge in [0.15, 0.2) is 22.5 Å². The van der Waals surface area contributed by atoms with Crippen molar-refractivity contribution in [2.75, 3.05) is 5.75 Å². The summed E-state index contributed by atoms with van der Waals surface area (Å²) in [5.41, 5.74) is 3.78. The molecule has 0 unspecified atom stereocenters. The van der Waals surface area contributed by atoms with Crippen molar-refractivity contribution in [3.63, 3.8) is 0 Å². The Morgan fingerprint density at radius 3 is 2.61 bits per heavy atom. The Hall–Kier alpha value is -3.06. The number of Topliss-reactive ketones (excluding diaryl/α,β-unsaturated/α-hetero) is 1. The zero-order valence-corrected chi connectivity index (χ0v) is 16.7. The lowest BCUT2D eigenvalue weighted by molar-refractivity contribution is 0.102. The van der Waals surface area contributed by atoms with E-state index in [1.807, 2.05) is 74.0 Å². The second-order valence-corrected chi connectivity index (χ2v) is 7.45. The van der Waals surface area contributed by atoms with Gasteiger partial charge in [-0.05, 0) is 44.2 Å². The average Bonchev–Trinajstić information content (AvgIpc) is 3.40. The van der Waals surface area contributed by atoms with E-state index in [1.54, 1.807) is 6.26 Å². The van der Waals surface area contributed by atoms with Crippen LogP contribution in [0.25, 0.3) is 17.3 Å². The predicted octanol–water partition coefficient (Wildman–Crippen LogP) is 4.46. The largest absolute Gasteiger partial charge is 0.461 e. The summed E-state index contributed by atoms with van der Waals surface area (Å²) in [5, 5.41) is 9.03. The van der Waals surface area contributed by atoms with E-state index in [0.717, 1.165) is 22.6 Å². The smallest absolute Gasteiger partial charge is 0.200 e. The van der Waals surface area contributed by atoms with Crippen LogP contribution < -0.4 is 0 Å². The van der Waals surface area contributed by atoms with Crippen molar-refractivity contribution in [2.24, 2.45) is 7.05 Å². The number of carbonyl (C=O) groups is 1. The molecule has 4 rings (SSSR count). The van der Waals surface area contributed by atoms with Crippen molar-refractivity contribution in [2.45, 2.75) is 19.0 Å². The third-order valence-electron chi connectivity index (χ3n) is 4.65. The summed E-state index contributed by atoms with van der Waals surface area (Å²) in [6.45, 7) is 4.00. The average molecular weight is 392 g/mol. The summed E-state index contributed by atoms with van der Waals surface area (Å²) < 4.78 is 9.32. The zero-order valence-electron chi connectivity index (χ0n) is 15.9. The number of carbonyl (C=O) groups excluding carboxylic acids is 1. The molecule has 0 atom stereocenters. The van der Waals surface area contributed by atoms with Crippen LogP contribution in [0, 0.1) is 13.8 Å². The van der Waals surface area contributed by atoms with Gasteiger partial charge >= 0.3 is 0 Å². The molecule has 142 valence electrons. The van der Waals surface area contributed by atoms with Crippen molar-refractivity contribution in [3.8, 4) is 17.3 Å². The van der Waals surface area contributed by atoms with E-state index < -0.39 is 0 Å². The molecule has 0 aliphatic heterocycles. The van der Waals surface area contributed by atoms with Crippen molar-refractivity contribution < 1.29 is 9.21 Å². The Balaban J connectivity index is 1.53. The van der Waals surface area contributed by atoms with E-state index in [9.17, 15) is 4.79 Å². The molecule has 0 saturated heterocycles. The highest BCUT2D eigenvalue weighted by atomic mass is 32.2. The fourth-order valence-corrected chi connectivity index (χ4v) is 4.08. The summed E-state index contributed by atoms with van der Waals surface area (Å²) in [4.78, 5) is 12.9. The molecule has 28 heavy (non-hydrogen) atoms. The van der Waals surface area contributed by atoms with Crippen LogP contribution in [0.3, 0.4) is 0 Å². The van der Waals surface area contributed by atoms with Gasteiger partial charge in [0.05, 0.1) is 12.0 Å². The van der Waals surface area contributed by atoms with Crippen molar-refractivity contribution in [1.29, 1.82) is 0 Å². The quantitative estimate of drug-likeness (QED) is 0.358. The molecule has 4 aromatic rings. The van der Waals surface area contributed by atoms with Gasteiger partial charge in [-0.15, -0.1) is 10.2 Å². The van der Waals surface area contributed by atoms with Crippen LogP contribution in [-0.2, 0) is 7.05 Å². The molecule has 0 aliphatic carbocycles. The Morgan fingerprint density at radius 1 is 1.11 bits per heavy atom. The molecule has 0 radical (unpaired) electrons. The normalized spacial score (nSPS) is 11.1. The van der Waals surface area contributed by atoms with Crippen LogP contribution in [0.4, 0.5) is 0 Å². The topological polar surface area (TPSA) is 65.8 Å². The summed E-state index contributed by atoms with van der Waals surface area (Å²) in [6, 6.07) is 15.7. The number of furan rings is 1. The van der Waals surface area contributed by atoms with E-state index in [0.29, 0.717) is 22.5 Å². The van der Waals surface area contributed by atoms with Gasteiger partial charge < -0.3 is 13.6 Å². The molecule has 3 heterocycles. The number of aryl methyl sites for hydroxylation is 1. The number of aromatic nitrogens is 4. The van der Waals surface area contributed by atoms with Crippen molar-refractivity contribution in [1.82, 2.24) is 19.3 Å². The number of hydrogen-bond acceptors (Lipinski definition) is 5. The molecule has 7 heteroatoms. The lowest BCUT2D eigenvalue weighted by Gasteiger charge is -2.09. The third kappa shape index (κ3) is 3.29. The minimum Gasteiger partial charge on any atom is -0.461 e. The summed E-state index contributed by atoms with van der Waals surface area (Å²) in [7, 11) is 1.87. The highest BCUT2D eigenvalue weighted by molar-refractivity contribution is 7.99. The molecule has 0 bridgehead atoms. The minimum absolute atomic E-state index is 0.0721. The number of hydrogen-bond donors (Lipinski definition) is 0. The van der Waals surface area contributed by atoms with Crippen molar-refractivity contribution in [3.05, 3.63) is 71.7 Å². The standard InChI is InChI=1S/C21H20N4O2S/c1-14-12-17(15(2)25(14)16-8-5-4-6-9-16)18(26)13-28-21-23-22-20(24(21)3)19-10-7-11-27-19/h4-12H,13H2,1-3H3. The van der Waals surface area contributed by atoms with Gasteiger partial charge in [-0.25, -0.2) is 0 Å². The maximum atomic E-state index is 12.9. The molecule has 0 saturated carbocycles. The molecular weight excluding hydrogens is 372 g/mol. The number of para-hydroxylation sites is 1. The van der Waals surface area contributed by atoms with E-state index >= 15 is 0 Å². The van der Waals surface area contributed by atoms with Crippen molar-refractivity contribution >= 4 is 17.5 Å². The van der Waals surface area contributed by atoms with Gasteiger partial charge in [-0.1, -0.05) is 30.0 Å². The van der Waals surface area contributed by atoms with E-state index in [1.165, 1.54) is 11.8 Å². The SMILES string of the molecule is Cc1cc(C(=O)CSc2nnc(-c3ccco3)n2C)c(C)n1-c1ccccc1. The first-order valence-corrected chi connectivity index (χ1v) is 9.88. The van der Waals surface area contributed by atoms with E-state index in [-0.39, 0.29) is 5.78 Å². The first kappa shape index (κ1) is 18.3. The van der Waals surface area contributed by atoms with E-state index in [4.69, 9.17) is 4.42 Å². The maximum Gasteiger partial charge on any atom is 0.200 e. The second kappa shape index (κ2) is 7.52. The number of rotatable bonds is 6. The Morgan fingerprint density at radius 2 is 1.89 bits per heavy atom. The molecule has 1 aromatic carbocycles. The molecule has 6 nitrogen and oxygen atoms in total. The second-order valence-electron chi connectivity index (χ2n) is 6.51. The first-order valence-electron chi connectivity index (χ1n) is 8.90. The molecular formula is C21H20N4O2S. The van der Waals surface area contributed by atoms with Crippen LogP contribution in [0.1, 0.15) is 21.7 Å². The van der Waals surface area contributed by atoms with Crippen LogP contribution in [-0.4, -0.2) is 30.9 Å². The molecule has 0 aliphatic rings. The van der Waals surface area contributed by atoms with Gasteiger partial charge in [0, 0.05) is 29.7 Å². The first-order chi connectivity index (χ1) is 13.6. The number of thioether (sulfide) groups is 1. The highest BCUT2D eigenvalue weighted by Gasteiger charge is 2.19. The predicted molar refractivity (Wildman–Crippen MR) is 109 cm³/mol. The number of nitrogens with zero attached hydrogens (tertiary/aromatic N) is 4. The van der Waals surface area contributed by atoms with Crippen LogP contribution in [0.2, 0.25) is 0 Å². The maximum absolute atomic E-state index is 12.9. The van der Waals surface area contributed by atoms with E-state index in [2.05, 4.69) is 14.8 Å². The molecule has 0 amide bonds. The van der Waals surface area contributed by atoms with Crippen LogP contribution >= 0.6 is 11.8 Å². The van der Waals surface area contributed by atoms with Crippen LogP contribution in [0.15, 0.2) is 64.4 Å². The van der Waals surface area contributed by atoms with Gasteiger partial charge in [0.25, 0.3) is 0 Å². The Bertz CT molecular complexity index is 1110. The Labute approximate surface area is 167 Å². The molecule has 3 aromatic heterocycles. The lowest BCUT2D eigenvalue weighted by atomic mass is 10.2. The third-order valence-corrected chi connectivity index (χ3v) is 5.67. The van der Waals surface area contributed by atoms with Gasteiger partial charge in [0.1, 0.15) is 0 Å². The monoisotopic (exact) mass is 392 g/mol. The number of benzene rings is 1. The summed E-state index contributed by atoms with van der Waals surface area (Å²) >= 11 is 1.38. The van der Waals surface area contributed by atoms with Crippen LogP contribution in [0.5, 0.6) is 0 Å². The van der Waals surface area contributed by atoms with Gasteiger partial charge in [0.2, 0.25) is 0 Å². The molecule has 0 spiro atoms. The molecule has 0 fully saturated rings. The molecule has 0 N–H and O–H groups in total. The highest BCUT2D eigenvalue weighted by Crippen LogP contribution is 2.26.